The number of benzene rings is 2. The van der Waals surface area contributed by atoms with Gasteiger partial charge in [-0.15, -0.1) is 21.5 Å². The first-order chi connectivity index (χ1) is 20.2. The van der Waals surface area contributed by atoms with Gasteiger partial charge in [0, 0.05) is 16.1 Å². The number of carbonyl (C=O) groups is 3. The highest BCUT2D eigenvalue weighted by atomic mass is 32.2. The number of esters is 1. The number of nitrogens with one attached hydrogen (secondary N) is 2. The topological polar surface area (TPSA) is 115 Å². The summed E-state index contributed by atoms with van der Waals surface area (Å²) in [4.78, 5) is 39.9. The number of nitrogens with zero attached hydrogens (tertiary/aromatic N) is 3. The fourth-order valence-corrected chi connectivity index (χ4v) is 6.89. The number of carbonyl (C=O) groups excluding carboxylic acids is 3. The highest BCUT2D eigenvalue weighted by Gasteiger charge is 2.30. The Kier molecular flexibility index (Phi) is 9.03. The summed E-state index contributed by atoms with van der Waals surface area (Å²) < 4.78 is 20.7. The fraction of sp³-hybridized carbons (Fsp3) is 0.300. The summed E-state index contributed by atoms with van der Waals surface area (Å²) in [5.74, 6) is -0.996. The zero-order valence-corrected chi connectivity index (χ0v) is 25.0. The molecule has 2 heterocycles. The van der Waals surface area contributed by atoms with Crippen molar-refractivity contribution in [3.63, 3.8) is 0 Å². The van der Waals surface area contributed by atoms with Crippen LogP contribution in [0, 0.1) is 12.7 Å². The molecule has 0 radical (unpaired) electrons. The molecule has 12 heteroatoms. The summed E-state index contributed by atoms with van der Waals surface area (Å²) in [5.41, 5.74) is 3.47. The smallest absolute Gasteiger partial charge is 0.341 e. The van der Waals surface area contributed by atoms with Gasteiger partial charge in [-0.05, 0) is 82.0 Å². The van der Waals surface area contributed by atoms with Gasteiger partial charge in [-0.1, -0.05) is 29.5 Å². The summed E-state index contributed by atoms with van der Waals surface area (Å²) in [6, 6.07) is 13.0. The van der Waals surface area contributed by atoms with Gasteiger partial charge in [0.2, 0.25) is 5.91 Å². The summed E-state index contributed by atoms with van der Waals surface area (Å²) in [6.07, 6.45) is 2.63. The minimum atomic E-state index is -0.630. The van der Waals surface area contributed by atoms with Crippen LogP contribution in [-0.4, -0.2) is 44.4 Å². The molecule has 2 amide bonds. The van der Waals surface area contributed by atoms with E-state index in [1.54, 1.807) is 42.7 Å². The maximum absolute atomic E-state index is 13.7. The van der Waals surface area contributed by atoms with Crippen LogP contribution in [-0.2, 0) is 28.9 Å². The van der Waals surface area contributed by atoms with Crippen molar-refractivity contribution in [3.05, 3.63) is 87.3 Å². The Morgan fingerprint density at radius 2 is 1.93 bits per heavy atom. The van der Waals surface area contributed by atoms with Crippen molar-refractivity contribution in [2.24, 2.45) is 0 Å². The molecular weight excluding hydrogens is 577 g/mol. The number of halogens is 1. The highest BCUT2D eigenvalue weighted by molar-refractivity contribution is 8.00. The number of aryl methyl sites for hydroxylation is 2. The van der Waals surface area contributed by atoms with Gasteiger partial charge in [-0.3, -0.25) is 14.2 Å². The average Bonchev–Trinajstić information content (AvgIpc) is 3.67. The largest absolute Gasteiger partial charge is 0.462 e. The van der Waals surface area contributed by atoms with Gasteiger partial charge in [0.25, 0.3) is 5.91 Å². The number of anilines is 1. The second kappa shape index (κ2) is 12.9. The maximum Gasteiger partial charge on any atom is 0.341 e. The van der Waals surface area contributed by atoms with Gasteiger partial charge in [0.1, 0.15) is 10.8 Å². The minimum absolute atomic E-state index is 0.0575. The number of hydrogen-bond donors (Lipinski definition) is 2. The van der Waals surface area contributed by atoms with Gasteiger partial charge in [-0.25, -0.2) is 9.18 Å². The Labute approximate surface area is 250 Å². The molecule has 1 atom stereocenters. The summed E-state index contributed by atoms with van der Waals surface area (Å²) in [5, 5.41) is 14.6. The van der Waals surface area contributed by atoms with Crippen LogP contribution in [0.25, 0.3) is 5.69 Å². The van der Waals surface area contributed by atoms with E-state index in [0.717, 1.165) is 47.0 Å². The molecule has 2 aromatic heterocycles. The third kappa shape index (κ3) is 6.39. The number of aromatic nitrogens is 3. The van der Waals surface area contributed by atoms with Crippen LogP contribution in [0.2, 0.25) is 0 Å². The summed E-state index contributed by atoms with van der Waals surface area (Å²) in [6.45, 7) is 5.69. The van der Waals surface area contributed by atoms with Crippen molar-refractivity contribution in [2.45, 2.75) is 57.0 Å². The van der Waals surface area contributed by atoms with Gasteiger partial charge in [-0.2, -0.15) is 0 Å². The van der Waals surface area contributed by atoms with E-state index in [0.29, 0.717) is 32.8 Å². The van der Waals surface area contributed by atoms with E-state index >= 15 is 0 Å². The van der Waals surface area contributed by atoms with E-state index < -0.39 is 17.0 Å². The molecule has 1 aliphatic rings. The first kappa shape index (κ1) is 29.5. The lowest BCUT2D eigenvalue weighted by Gasteiger charge is -2.14. The van der Waals surface area contributed by atoms with E-state index in [4.69, 9.17) is 4.74 Å². The Morgan fingerprint density at radius 3 is 2.67 bits per heavy atom. The molecular formula is C30H30FN5O4S2. The molecule has 0 spiro atoms. The molecule has 0 aliphatic heterocycles. The molecule has 0 fully saturated rings. The van der Waals surface area contributed by atoms with Crippen LogP contribution in [0.5, 0.6) is 0 Å². The standard InChI is InChI=1S/C30H30FN5O4S2/c1-4-40-29(39)25-22-9-6-10-23(22)42-28(25)33-26(37)18(3)41-30-35-34-24(36(30)21-13-11-20(31)12-14-21)16-32-27(38)19-8-5-7-17(2)15-19/h5,7-8,11-15,18H,4,6,9-10,16H2,1-3H3,(H,32,38)(H,33,37). The second-order valence-electron chi connectivity index (χ2n) is 9.79. The molecule has 0 saturated heterocycles. The Morgan fingerprint density at radius 1 is 1.14 bits per heavy atom. The van der Waals surface area contributed by atoms with E-state index in [-0.39, 0.29) is 25.0 Å². The average molecular weight is 608 g/mol. The Balaban J connectivity index is 1.36. The van der Waals surface area contributed by atoms with Crippen LogP contribution in [0.15, 0.2) is 53.7 Å². The van der Waals surface area contributed by atoms with Crippen LogP contribution < -0.4 is 10.6 Å². The van der Waals surface area contributed by atoms with Gasteiger partial charge >= 0.3 is 5.97 Å². The minimum Gasteiger partial charge on any atom is -0.462 e. The first-order valence-electron chi connectivity index (χ1n) is 13.6. The number of thioether (sulfide) groups is 1. The molecule has 0 saturated carbocycles. The van der Waals surface area contributed by atoms with Crippen LogP contribution in [0.4, 0.5) is 9.39 Å². The van der Waals surface area contributed by atoms with Gasteiger partial charge in [0.05, 0.1) is 24.0 Å². The molecule has 2 aromatic carbocycles. The predicted octanol–water partition coefficient (Wildman–Crippen LogP) is 5.49. The van der Waals surface area contributed by atoms with Crippen LogP contribution in [0.1, 0.15) is 62.8 Å². The molecule has 4 aromatic rings. The third-order valence-corrected chi connectivity index (χ3v) is 9.01. The van der Waals surface area contributed by atoms with E-state index in [1.807, 2.05) is 19.1 Å². The highest BCUT2D eigenvalue weighted by Crippen LogP contribution is 2.40. The molecule has 9 nitrogen and oxygen atoms in total. The monoisotopic (exact) mass is 607 g/mol. The lowest BCUT2D eigenvalue weighted by atomic mass is 10.1. The first-order valence-corrected chi connectivity index (χ1v) is 15.3. The molecule has 5 rings (SSSR count). The summed E-state index contributed by atoms with van der Waals surface area (Å²) in [7, 11) is 0. The zero-order chi connectivity index (χ0) is 29.8. The van der Waals surface area contributed by atoms with Crippen molar-refractivity contribution < 1.29 is 23.5 Å². The SMILES string of the molecule is CCOC(=O)c1c(NC(=O)C(C)Sc2nnc(CNC(=O)c3cccc(C)c3)n2-c2ccc(F)cc2)sc2c1CCC2. The van der Waals surface area contributed by atoms with Gasteiger partial charge in [0.15, 0.2) is 11.0 Å². The number of thiophene rings is 1. The zero-order valence-electron chi connectivity index (χ0n) is 23.4. The maximum atomic E-state index is 13.7. The third-order valence-electron chi connectivity index (χ3n) is 6.76. The quantitative estimate of drug-likeness (QED) is 0.181. The van der Waals surface area contributed by atoms with Crippen LogP contribution in [0.3, 0.4) is 0 Å². The van der Waals surface area contributed by atoms with E-state index in [2.05, 4.69) is 20.8 Å². The lowest BCUT2D eigenvalue weighted by Crippen LogP contribution is -2.25. The molecule has 1 aliphatic carbocycles. The number of rotatable bonds is 10. The Bertz CT molecular complexity index is 1630. The number of hydrogen-bond acceptors (Lipinski definition) is 8. The molecule has 0 bridgehead atoms. The number of amides is 2. The van der Waals surface area contributed by atoms with Crippen molar-refractivity contribution in [1.29, 1.82) is 0 Å². The number of ether oxygens (including phenoxy) is 1. The van der Waals surface area contributed by atoms with Gasteiger partial charge < -0.3 is 15.4 Å². The molecule has 1 unspecified atom stereocenters. The van der Waals surface area contributed by atoms with Crippen molar-refractivity contribution in [3.8, 4) is 5.69 Å². The van der Waals surface area contributed by atoms with E-state index in [1.165, 1.54) is 23.5 Å². The van der Waals surface area contributed by atoms with Crippen molar-refractivity contribution in [2.75, 3.05) is 11.9 Å². The predicted molar refractivity (Wildman–Crippen MR) is 160 cm³/mol. The van der Waals surface area contributed by atoms with Crippen LogP contribution >= 0.6 is 23.1 Å². The van der Waals surface area contributed by atoms with Crippen molar-refractivity contribution >= 4 is 45.9 Å². The fourth-order valence-electron chi connectivity index (χ4n) is 4.73. The normalized spacial score (nSPS) is 13.0. The number of fused-ring (bicyclic) bond motifs is 1. The second-order valence-corrected chi connectivity index (χ2v) is 12.2. The Hall–Kier alpha value is -4.03. The van der Waals surface area contributed by atoms with Crippen molar-refractivity contribution in [1.82, 2.24) is 20.1 Å². The summed E-state index contributed by atoms with van der Waals surface area (Å²) >= 11 is 2.58. The molecule has 218 valence electrons. The molecule has 42 heavy (non-hydrogen) atoms. The van der Waals surface area contributed by atoms with E-state index in [9.17, 15) is 18.8 Å². The molecule has 2 N–H and O–H groups in total. The lowest BCUT2D eigenvalue weighted by molar-refractivity contribution is -0.115.